The lowest BCUT2D eigenvalue weighted by Gasteiger charge is -2.19. The smallest absolute Gasteiger partial charge is 0.255 e. The first kappa shape index (κ1) is 17.1. The van der Waals surface area contributed by atoms with Crippen LogP contribution < -0.4 is 11.1 Å². The molecule has 3 rings (SSSR count). The molecule has 1 aromatic heterocycles. The van der Waals surface area contributed by atoms with Gasteiger partial charge < -0.3 is 16.0 Å². The molecule has 1 aromatic carbocycles. The molecular weight excluding hydrogens is 316 g/mol. The Labute approximate surface area is 147 Å². The third-order valence-electron chi connectivity index (χ3n) is 4.42. The molecule has 6 heteroatoms. The zero-order valence-electron chi connectivity index (χ0n) is 14.2. The number of anilines is 1. The molecule has 2 amide bonds. The molecule has 0 bridgehead atoms. The van der Waals surface area contributed by atoms with Gasteiger partial charge in [-0.05, 0) is 42.7 Å². The van der Waals surface area contributed by atoms with Gasteiger partial charge in [-0.1, -0.05) is 12.1 Å². The Hall–Kier alpha value is -2.73. The van der Waals surface area contributed by atoms with E-state index in [4.69, 9.17) is 5.73 Å². The van der Waals surface area contributed by atoms with E-state index in [1.165, 1.54) is 0 Å². The highest BCUT2D eigenvalue weighted by Crippen LogP contribution is 2.27. The molecule has 0 radical (unpaired) electrons. The van der Waals surface area contributed by atoms with Crippen molar-refractivity contribution in [1.29, 1.82) is 0 Å². The maximum absolute atomic E-state index is 12.2. The third-order valence-corrected chi connectivity index (χ3v) is 4.42. The highest BCUT2D eigenvalue weighted by molar-refractivity contribution is 6.04. The van der Waals surface area contributed by atoms with E-state index in [0.29, 0.717) is 17.3 Å². The van der Waals surface area contributed by atoms with Crippen LogP contribution in [0.15, 0.2) is 48.8 Å². The Morgan fingerprint density at radius 2 is 1.84 bits per heavy atom. The van der Waals surface area contributed by atoms with Gasteiger partial charge in [0.1, 0.15) is 0 Å². The minimum Gasteiger partial charge on any atom is -0.343 e. The number of carbonyl (C=O) groups is 2. The molecule has 25 heavy (non-hydrogen) atoms. The number of amides is 2. The molecule has 1 atom stereocenters. The molecule has 0 saturated heterocycles. The van der Waals surface area contributed by atoms with Crippen molar-refractivity contribution < 1.29 is 9.59 Å². The first-order valence-electron chi connectivity index (χ1n) is 8.37. The standard InChI is InChI=1S/C19H22N4O2/c1-23(16-6-7-16)18(24)12-17(20)13-2-4-14(5-3-13)19(25)22-15-8-10-21-11-9-15/h2-5,8-11,16-17H,6-7,12,20H2,1H3,(H,21,22,25). The Morgan fingerprint density at radius 3 is 2.44 bits per heavy atom. The number of carbonyl (C=O) groups excluding carboxylic acids is 2. The van der Waals surface area contributed by atoms with E-state index < -0.39 is 0 Å². The molecule has 2 aromatic rings. The predicted octanol–water partition coefficient (Wildman–Crippen LogP) is 2.34. The summed E-state index contributed by atoms with van der Waals surface area (Å²) < 4.78 is 0. The summed E-state index contributed by atoms with van der Waals surface area (Å²) in [5.74, 6) is -0.134. The van der Waals surface area contributed by atoms with Crippen LogP contribution in [0.25, 0.3) is 0 Å². The van der Waals surface area contributed by atoms with Gasteiger partial charge in [0.05, 0.1) is 0 Å². The largest absolute Gasteiger partial charge is 0.343 e. The SMILES string of the molecule is CN(C(=O)CC(N)c1ccc(C(=O)Nc2ccncc2)cc1)C1CC1. The summed E-state index contributed by atoms with van der Waals surface area (Å²) in [4.78, 5) is 30.1. The van der Waals surface area contributed by atoms with Gasteiger partial charge in [-0.15, -0.1) is 0 Å². The van der Waals surface area contributed by atoms with Gasteiger partial charge in [0, 0.05) is 49.2 Å². The lowest BCUT2D eigenvalue weighted by atomic mass is 10.0. The molecule has 130 valence electrons. The van der Waals surface area contributed by atoms with E-state index in [0.717, 1.165) is 18.4 Å². The van der Waals surface area contributed by atoms with Crippen molar-refractivity contribution in [3.63, 3.8) is 0 Å². The Morgan fingerprint density at radius 1 is 1.20 bits per heavy atom. The van der Waals surface area contributed by atoms with Crippen LogP contribution in [0.2, 0.25) is 0 Å². The summed E-state index contributed by atoms with van der Waals surface area (Å²) in [5, 5.41) is 2.80. The molecule has 1 saturated carbocycles. The Balaban J connectivity index is 1.59. The summed E-state index contributed by atoms with van der Waals surface area (Å²) >= 11 is 0. The highest BCUT2D eigenvalue weighted by Gasteiger charge is 2.30. The van der Waals surface area contributed by atoms with Gasteiger partial charge in [-0.25, -0.2) is 0 Å². The van der Waals surface area contributed by atoms with E-state index in [2.05, 4.69) is 10.3 Å². The molecular formula is C19H22N4O2. The second-order valence-corrected chi connectivity index (χ2v) is 6.36. The fraction of sp³-hybridized carbons (Fsp3) is 0.316. The van der Waals surface area contributed by atoms with E-state index >= 15 is 0 Å². The third kappa shape index (κ3) is 4.42. The summed E-state index contributed by atoms with van der Waals surface area (Å²) in [7, 11) is 1.83. The van der Waals surface area contributed by atoms with Gasteiger partial charge >= 0.3 is 0 Å². The number of hydrogen-bond donors (Lipinski definition) is 2. The molecule has 6 nitrogen and oxygen atoms in total. The van der Waals surface area contributed by atoms with Gasteiger partial charge in [-0.2, -0.15) is 0 Å². The minimum absolute atomic E-state index is 0.0644. The van der Waals surface area contributed by atoms with Gasteiger partial charge in [0.2, 0.25) is 5.91 Å². The molecule has 1 aliphatic rings. The molecule has 1 aliphatic carbocycles. The number of aromatic nitrogens is 1. The van der Waals surface area contributed by atoms with Crippen LogP contribution in [0.3, 0.4) is 0 Å². The normalized spacial score (nSPS) is 14.6. The summed E-state index contributed by atoms with van der Waals surface area (Å²) in [6.07, 6.45) is 5.67. The predicted molar refractivity (Wildman–Crippen MR) is 96.0 cm³/mol. The zero-order chi connectivity index (χ0) is 17.8. The number of nitrogens with one attached hydrogen (secondary N) is 1. The monoisotopic (exact) mass is 338 g/mol. The van der Waals surface area contributed by atoms with Crippen LogP contribution in [0.4, 0.5) is 5.69 Å². The van der Waals surface area contributed by atoms with E-state index in [1.807, 2.05) is 7.05 Å². The van der Waals surface area contributed by atoms with Crippen LogP contribution in [-0.4, -0.2) is 34.8 Å². The number of hydrogen-bond acceptors (Lipinski definition) is 4. The summed E-state index contributed by atoms with van der Waals surface area (Å²) in [5.41, 5.74) is 8.22. The van der Waals surface area contributed by atoms with Gasteiger partial charge in [0.15, 0.2) is 0 Å². The van der Waals surface area contributed by atoms with Gasteiger partial charge in [0.25, 0.3) is 5.91 Å². The Kier molecular flexibility index (Phi) is 5.09. The zero-order valence-corrected chi connectivity index (χ0v) is 14.2. The fourth-order valence-corrected chi connectivity index (χ4v) is 2.64. The molecule has 0 spiro atoms. The number of nitrogens with zero attached hydrogens (tertiary/aromatic N) is 2. The van der Waals surface area contributed by atoms with Crippen molar-refractivity contribution in [2.75, 3.05) is 12.4 Å². The van der Waals surface area contributed by atoms with Crippen molar-refractivity contribution >= 4 is 17.5 Å². The maximum Gasteiger partial charge on any atom is 0.255 e. The molecule has 1 fully saturated rings. The average Bonchev–Trinajstić information content (AvgIpc) is 3.47. The van der Waals surface area contributed by atoms with Crippen molar-refractivity contribution in [2.45, 2.75) is 31.3 Å². The van der Waals surface area contributed by atoms with E-state index in [1.54, 1.807) is 53.7 Å². The van der Waals surface area contributed by atoms with Crippen molar-refractivity contribution in [3.8, 4) is 0 Å². The van der Waals surface area contributed by atoms with Crippen LogP contribution in [0.5, 0.6) is 0 Å². The number of rotatable bonds is 6. The number of benzene rings is 1. The van der Waals surface area contributed by atoms with E-state index in [9.17, 15) is 9.59 Å². The minimum atomic E-state index is -0.369. The highest BCUT2D eigenvalue weighted by atomic mass is 16.2. The summed E-state index contributed by atoms with van der Waals surface area (Å²) in [6.45, 7) is 0. The number of nitrogens with two attached hydrogens (primary N) is 1. The molecule has 3 N–H and O–H groups in total. The summed E-state index contributed by atoms with van der Waals surface area (Å²) in [6, 6.07) is 10.5. The molecule has 1 heterocycles. The topological polar surface area (TPSA) is 88.3 Å². The molecule has 1 unspecified atom stereocenters. The Bertz CT molecular complexity index is 742. The van der Waals surface area contributed by atoms with E-state index in [-0.39, 0.29) is 24.3 Å². The first-order chi connectivity index (χ1) is 12.0. The van der Waals surface area contributed by atoms with Gasteiger partial charge in [-0.3, -0.25) is 14.6 Å². The second-order valence-electron chi connectivity index (χ2n) is 6.36. The van der Waals surface area contributed by atoms with Crippen molar-refractivity contribution in [1.82, 2.24) is 9.88 Å². The van der Waals surface area contributed by atoms with Crippen LogP contribution >= 0.6 is 0 Å². The molecule has 0 aliphatic heterocycles. The van der Waals surface area contributed by atoms with Crippen LogP contribution in [0.1, 0.15) is 41.2 Å². The van der Waals surface area contributed by atoms with Crippen molar-refractivity contribution in [3.05, 3.63) is 59.9 Å². The fourth-order valence-electron chi connectivity index (χ4n) is 2.64. The quantitative estimate of drug-likeness (QED) is 0.846. The average molecular weight is 338 g/mol. The van der Waals surface area contributed by atoms with Crippen LogP contribution in [-0.2, 0) is 4.79 Å². The van der Waals surface area contributed by atoms with Crippen molar-refractivity contribution in [2.24, 2.45) is 5.73 Å². The lowest BCUT2D eigenvalue weighted by molar-refractivity contribution is -0.130. The lowest BCUT2D eigenvalue weighted by Crippen LogP contribution is -2.31. The number of pyridine rings is 1. The van der Waals surface area contributed by atoms with Crippen LogP contribution in [0, 0.1) is 0 Å². The first-order valence-corrected chi connectivity index (χ1v) is 8.37. The maximum atomic E-state index is 12.2. The second kappa shape index (κ2) is 7.44.